The average molecular weight is 394 g/mol. The van der Waals surface area contributed by atoms with Crippen LogP contribution in [0.4, 0.5) is 5.69 Å². The third kappa shape index (κ3) is 4.61. The summed E-state index contributed by atoms with van der Waals surface area (Å²) in [6.45, 7) is 2.15. The quantitative estimate of drug-likeness (QED) is 0.573. The van der Waals surface area contributed by atoms with Crippen LogP contribution in [-0.4, -0.2) is 22.1 Å². The first kappa shape index (κ1) is 19.7. The van der Waals surface area contributed by atoms with E-state index in [1.807, 2.05) is 73.7 Å². The smallest absolute Gasteiger partial charge is 0.264 e. The summed E-state index contributed by atoms with van der Waals surface area (Å²) in [5.74, 6) is 0.759. The molecule has 0 aliphatic heterocycles. The van der Waals surface area contributed by atoms with E-state index in [1.54, 1.807) is 31.4 Å². The van der Waals surface area contributed by atoms with Crippen LogP contribution in [0.3, 0.4) is 0 Å². The summed E-state index contributed by atoms with van der Waals surface area (Å²) in [5, 5.41) is 0. The molecule has 0 aliphatic carbocycles. The van der Waals surface area contributed by atoms with Crippen LogP contribution in [0.5, 0.6) is 5.75 Å². The minimum atomic E-state index is -3.68. The normalized spacial score (nSPS) is 11.5. The molecule has 0 unspecified atom stereocenters. The van der Waals surface area contributed by atoms with Crippen molar-refractivity contribution in [3.63, 3.8) is 0 Å². The van der Waals surface area contributed by atoms with Crippen molar-refractivity contribution in [3.8, 4) is 5.75 Å². The largest absolute Gasteiger partial charge is 0.497 e. The lowest BCUT2D eigenvalue weighted by atomic mass is 10.2. The van der Waals surface area contributed by atoms with Crippen molar-refractivity contribution < 1.29 is 13.2 Å². The predicted molar refractivity (Wildman–Crippen MR) is 114 cm³/mol. The van der Waals surface area contributed by atoms with Crippen LogP contribution >= 0.6 is 0 Å². The van der Waals surface area contributed by atoms with E-state index in [0.717, 1.165) is 16.9 Å². The van der Waals surface area contributed by atoms with Gasteiger partial charge in [0.15, 0.2) is 0 Å². The zero-order chi connectivity index (χ0) is 20.0. The van der Waals surface area contributed by atoms with Crippen molar-refractivity contribution in [1.29, 1.82) is 0 Å². The minimum absolute atomic E-state index is 0.220. The molecule has 0 saturated heterocycles. The molecule has 0 amide bonds. The molecule has 0 saturated carbocycles. The summed E-state index contributed by atoms with van der Waals surface area (Å²) < 4.78 is 33.2. The molecule has 0 bridgehead atoms. The summed E-state index contributed by atoms with van der Waals surface area (Å²) in [6.07, 6.45) is 3.73. The van der Waals surface area contributed by atoms with Gasteiger partial charge in [0.1, 0.15) is 5.75 Å². The van der Waals surface area contributed by atoms with Crippen LogP contribution in [0.25, 0.3) is 6.08 Å². The van der Waals surface area contributed by atoms with E-state index in [0.29, 0.717) is 5.69 Å². The number of nitrogens with zero attached hydrogens (tertiary/aromatic N) is 1. The Morgan fingerprint density at radius 3 is 2.32 bits per heavy atom. The molecule has 0 fully saturated rings. The lowest BCUT2D eigenvalue weighted by Crippen LogP contribution is -2.31. The molecule has 0 spiro atoms. The Hall–Kier alpha value is -3.05. The highest BCUT2D eigenvalue weighted by Gasteiger charge is 2.23. The van der Waals surface area contributed by atoms with Gasteiger partial charge < -0.3 is 4.74 Å². The van der Waals surface area contributed by atoms with Gasteiger partial charge in [0.05, 0.1) is 24.2 Å². The number of anilines is 1. The Morgan fingerprint density at radius 2 is 1.64 bits per heavy atom. The number of hydrogen-bond donors (Lipinski definition) is 0. The van der Waals surface area contributed by atoms with Gasteiger partial charge in [0.25, 0.3) is 10.0 Å². The maximum Gasteiger partial charge on any atom is 0.264 e. The summed E-state index contributed by atoms with van der Waals surface area (Å²) in [7, 11) is -2.06. The van der Waals surface area contributed by atoms with E-state index in [9.17, 15) is 8.42 Å². The first-order valence-corrected chi connectivity index (χ1v) is 10.4. The number of sulfonamides is 1. The molecular weight excluding hydrogens is 370 g/mol. The summed E-state index contributed by atoms with van der Waals surface area (Å²) >= 11 is 0. The van der Waals surface area contributed by atoms with E-state index < -0.39 is 10.0 Å². The highest BCUT2D eigenvalue weighted by atomic mass is 32.2. The monoisotopic (exact) mass is 393 g/mol. The first-order chi connectivity index (χ1) is 13.5. The fourth-order valence-corrected chi connectivity index (χ4v) is 4.22. The molecule has 0 atom stereocenters. The number of methoxy groups -OCH3 is 1. The lowest BCUT2D eigenvalue weighted by Gasteiger charge is -2.23. The van der Waals surface area contributed by atoms with Gasteiger partial charge >= 0.3 is 0 Å². The number of hydrogen-bond acceptors (Lipinski definition) is 3. The Bertz CT molecular complexity index is 1040. The van der Waals surface area contributed by atoms with E-state index in [4.69, 9.17) is 4.74 Å². The molecular formula is C23H23NO3S. The second-order valence-corrected chi connectivity index (χ2v) is 8.23. The molecule has 3 aromatic rings. The Kier molecular flexibility index (Phi) is 6.16. The number of aryl methyl sites for hydroxylation is 1. The molecule has 0 aromatic heterocycles. The molecule has 0 N–H and O–H groups in total. The number of ether oxygens (including phenoxy) is 1. The van der Waals surface area contributed by atoms with Gasteiger partial charge in [-0.1, -0.05) is 60.2 Å². The van der Waals surface area contributed by atoms with Gasteiger partial charge in [-0.2, -0.15) is 0 Å². The Balaban J connectivity index is 1.91. The highest BCUT2D eigenvalue weighted by Crippen LogP contribution is 2.24. The van der Waals surface area contributed by atoms with E-state index in [2.05, 4.69) is 0 Å². The summed E-state index contributed by atoms with van der Waals surface area (Å²) in [5.41, 5.74) is 2.58. The number of benzene rings is 3. The molecule has 5 heteroatoms. The summed E-state index contributed by atoms with van der Waals surface area (Å²) in [6, 6.07) is 23.6. The molecule has 0 heterocycles. The zero-order valence-electron chi connectivity index (χ0n) is 15.9. The maximum atomic E-state index is 13.3. The van der Waals surface area contributed by atoms with Crippen LogP contribution in [0.2, 0.25) is 0 Å². The highest BCUT2D eigenvalue weighted by molar-refractivity contribution is 7.92. The summed E-state index contributed by atoms with van der Waals surface area (Å²) in [4.78, 5) is 0.275. The van der Waals surface area contributed by atoms with Gasteiger partial charge in [0.2, 0.25) is 0 Å². The standard InChI is InChI=1S/C23H23NO3S/c1-19-13-15-23(16-14-19)28(25,26)24(21-10-4-3-5-11-21)17-7-9-20-8-6-12-22(18-20)27-2/h3-16,18H,17H2,1-2H3/b9-7+. The maximum absolute atomic E-state index is 13.3. The lowest BCUT2D eigenvalue weighted by molar-refractivity contribution is 0.414. The van der Waals surface area contributed by atoms with Crippen LogP contribution in [0.1, 0.15) is 11.1 Å². The van der Waals surface area contributed by atoms with Gasteiger partial charge in [0, 0.05) is 0 Å². The number of rotatable bonds is 7. The molecule has 3 aromatic carbocycles. The van der Waals surface area contributed by atoms with Gasteiger partial charge in [-0.25, -0.2) is 8.42 Å². The van der Waals surface area contributed by atoms with E-state index >= 15 is 0 Å². The van der Waals surface area contributed by atoms with Gasteiger partial charge in [-0.3, -0.25) is 4.31 Å². The molecule has 3 rings (SSSR count). The van der Waals surface area contributed by atoms with Crippen molar-refractivity contribution in [3.05, 3.63) is 96.1 Å². The molecule has 28 heavy (non-hydrogen) atoms. The second kappa shape index (κ2) is 8.76. The van der Waals surface area contributed by atoms with Crippen LogP contribution in [-0.2, 0) is 10.0 Å². The fraction of sp³-hybridized carbons (Fsp3) is 0.130. The third-order valence-electron chi connectivity index (χ3n) is 4.33. The second-order valence-electron chi connectivity index (χ2n) is 6.36. The van der Waals surface area contributed by atoms with Crippen molar-refractivity contribution >= 4 is 21.8 Å². The van der Waals surface area contributed by atoms with Crippen molar-refractivity contribution in [2.75, 3.05) is 18.0 Å². The third-order valence-corrected chi connectivity index (χ3v) is 6.14. The average Bonchev–Trinajstić information content (AvgIpc) is 2.72. The van der Waals surface area contributed by atoms with Crippen molar-refractivity contribution in [2.24, 2.45) is 0 Å². The Morgan fingerprint density at radius 1 is 0.929 bits per heavy atom. The molecule has 0 radical (unpaired) electrons. The first-order valence-electron chi connectivity index (χ1n) is 8.96. The molecule has 0 aliphatic rings. The fourth-order valence-electron chi connectivity index (χ4n) is 2.80. The molecule has 4 nitrogen and oxygen atoms in total. The van der Waals surface area contributed by atoms with Crippen molar-refractivity contribution in [1.82, 2.24) is 0 Å². The molecule has 144 valence electrons. The van der Waals surface area contributed by atoms with E-state index in [-0.39, 0.29) is 11.4 Å². The predicted octanol–water partition coefficient (Wildman–Crippen LogP) is 4.91. The van der Waals surface area contributed by atoms with Crippen molar-refractivity contribution in [2.45, 2.75) is 11.8 Å². The van der Waals surface area contributed by atoms with Gasteiger partial charge in [-0.15, -0.1) is 0 Å². The topological polar surface area (TPSA) is 46.6 Å². The Labute approximate surface area is 166 Å². The minimum Gasteiger partial charge on any atom is -0.497 e. The SMILES string of the molecule is COc1cccc(/C=C/CN(c2ccccc2)S(=O)(=O)c2ccc(C)cc2)c1. The van der Waals surface area contributed by atoms with E-state index in [1.165, 1.54) is 4.31 Å². The number of para-hydroxylation sites is 1. The van der Waals surface area contributed by atoms with Gasteiger partial charge in [-0.05, 0) is 48.9 Å². The van der Waals surface area contributed by atoms with Crippen LogP contribution in [0, 0.1) is 6.92 Å². The zero-order valence-corrected chi connectivity index (χ0v) is 16.8. The van der Waals surface area contributed by atoms with Crippen LogP contribution in [0.15, 0.2) is 89.8 Å². The van der Waals surface area contributed by atoms with Crippen LogP contribution < -0.4 is 9.04 Å².